The first-order valence-electron chi connectivity index (χ1n) is 11.9. The summed E-state index contributed by atoms with van der Waals surface area (Å²) in [6.45, 7) is 0. The van der Waals surface area contributed by atoms with Crippen LogP contribution in [0.4, 0.5) is 0 Å². The number of fused-ring (bicyclic) bond motifs is 1. The molecule has 36 heavy (non-hydrogen) atoms. The molecule has 7 heteroatoms. The maximum absolute atomic E-state index is 13.5. The van der Waals surface area contributed by atoms with E-state index in [2.05, 4.69) is 0 Å². The number of aromatic hydroxyl groups is 3. The summed E-state index contributed by atoms with van der Waals surface area (Å²) in [6, 6.07) is 6.48. The van der Waals surface area contributed by atoms with E-state index in [0.717, 1.165) is 0 Å². The molecular formula is C29H28O7. The molecule has 7 nitrogen and oxygen atoms in total. The minimum absolute atomic E-state index is 0.0253. The molecule has 3 aliphatic rings. The van der Waals surface area contributed by atoms with E-state index >= 15 is 0 Å². The summed E-state index contributed by atoms with van der Waals surface area (Å²) < 4.78 is 16.9. The smallest absolute Gasteiger partial charge is 0.174 e. The highest BCUT2D eigenvalue weighted by molar-refractivity contribution is 6.04. The van der Waals surface area contributed by atoms with Gasteiger partial charge in [0.15, 0.2) is 5.78 Å². The number of ketones is 1. The lowest BCUT2D eigenvalue weighted by Crippen LogP contribution is -2.23. The van der Waals surface area contributed by atoms with Crippen molar-refractivity contribution < 1.29 is 34.3 Å². The van der Waals surface area contributed by atoms with E-state index in [0.29, 0.717) is 41.1 Å². The number of hydrogen-bond acceptors (Lipinski definition) is 7. The van der Waals surface area contributed by atoms with Crippen molar-refractivity contribution in [2.45, 2.75) is 37.2 Å². The second kappa shape index (κ2) is 9.49. The highest BCUT2D eigenvalue weighted by Gasteiger charge is 2.39. The van der Waals surface area contributed by atoms with E-state index in [1.54, 1.807) is 32.4 Å². The lowest BCUT2D eigenvalue weighted by atomic mass is 9.80. The summed E-state index contributed by atoms with van der Waals surface area (Å²) in [5.41, 5.74) is 1.58. The topological polar surface area (TPSA) is 105 Å². The standard InChI is InChI=1S/C29H28O7/c1-34-20-11-5-17(6-12-20)24-27(32)25(18-7-13-21(35-2)14-8-18)29-26(28(24)33)22(31)15-23(36-29)16-3-9-19(30)10-4-16/h3-5,7,9-14,17-18,23,30,32-33H,6,8,15H2,1-2H3. The van der Waals surface area contributed by atoms with Gasteiger partial charge >= 0.3 is 0 Å². The predicted octanol–water partition coefficient (Wildman–Crippen LogP) is 5.66. The molecule has 1 aliphatic heterocycles. The molecule has 1 heterocycles. The molecule has 0 aromatic heterocycles. The van der Waals surface area contributed by atoms with Gasteiger partial charge in [0.1, 0.15) is 46.2 Å². The van der Waals surface area contributed by atoms with Gasteiger partial charge in [-0.3, -0.25) is 4.79 Å². The lowest BCUT2D eigenvalue weighted by Gasteiger charge is -2.32. The number of Topliss-reactive ketones (excluding diaryl/α,β-unsaturated/α-hetero) is 1. The van der Waals surface area contributed by atoms with Gasteiger partial charge in [-0.15, -0.1) is 0 Å². The maximum Gasteiger partial charge on any atom is 0.174 e. The number of carbonyl (C=O) groups excluding carboxylic acids is 1. The van der Waals surface area contributed by atoms with E-state index in [1.165, 1.54) is 12.1 Å². The van der Waals surface area contributed by atoms with Crippen LogP contribution in [0.1, 0.15) is 64.3 Å². The van der Waals surface area contributed by atoms with E-state index in [1.807, 2.05) is 30.4 Å². The molecule has 0 radical (unpaired) electrons. The second-order valence-corrected chi connectivity index (χ2v) is 9.08. The fraction of sp³-hybridized carbons (Fsp3) is 0.276. The van der Waals surface area contributed by atoms with Crippen LogP contribution in [-0.2, 0) is 9.47 Å². The molecule has 3 atom stereocenters. The largest absolute Gasteiger partial charge is 0.508 e. The summed E-state index contributed by atoms with van der Waals surface area (Å²) >= 11 is 0. The number of hydrogen-bond donors (Lipinski definition) is 3. The third-order valence-electron chi connectivity index (χ3n) is 6.99. The molecule has 2 aromatic carbocycles. The third kappa shape index (κ3) is 4.11. The van der Waals surface area contributed by atoms with Gasteiger partial charge in [-0.2, -0.15) is 0 Å². The van der Waals surface area contributed by atoms with Crippen molar-refractivity contribution in [2.24, 2.45) is 0 Å². The lowest BCUT2D eigenvalue weighted by molar-refractivity contribution is 0.0841. The first-order valence-corrected chi connectivity index (χ1v) is 11.9. The molecule has 0 saturated carbocycles. The summed E-state index contributed by atoms with van der Waals surface area (Å²) in [6.07, 6.45) is 11.6. The van der Waals surface area contributed by atoms with Crippen molar-refractivity contribution >= 4 is 5.78 Å². The molecule has 3 unspecified atom stereocenters. The Balaban J connectivity index is 1.64. The van der Waals surface area contributed by atoms with E-state index in [4.69, 9.17) is 14.2 Å². The highest BCUT2D eigenvalue weighted by Crippen LogP contribution is 2.54. The molecule has 186 valence electrons. The zero-order valence-corrected chi connectivity index (χ0v) is 20.1. The Morgan fingerprint density at radius 1 is 0.833 bits per heavy atom. The molecule has 0 fully saturated rings. The third-order valence-corrected chi connectivity index (χ3v) is 6.99. The average molecular weight is 489 g/mol. The van der Waals surface area contributed by atoms with Crippen molar-refractivity contribution in [1.82, 2.24) is 0 Å². The fourth-order valence-corrected chi connectivity index (χ4v) is 5.08. The molecule has 2 aromatic rings. The van der Waals surface area contributed by atoms with Gasteiger partial charge in [0.05, 0.1) is 20.6 Å². The first kappa shape index (κ1) is 23.6. The Bertz CT molecular complexity index is 1310. The summed E-state index contributed by atoms with van der Waals surface area (Å²) in [5, 5.41) is 32.6. The molecule has 5 rings (SSSR count). The maximum atomic E-state index is 13.5. The zero-order chi connectivity index (χ0) is 25.4. The van der Waals surface area contributed by atoms with Crippen molar-refractivity contribution in [1.29, 1.82) is 0 Å². The predicted molar refractivity (Wildman–Crippen MR) is 133 cm³/mol. The minimum Gasteiger partial charge on any atom is -0.508 e. The van der Waals surface area contributed by atoms with Gasteiger partial charge in [0.25, 0.3) is 0 Å². The van der Waals surface area contributed by atoms with Gasteiger partial charge < -0.3 is 29.5 Å². The molecule has 0 spiro atoms. The van der Waals surface area contributed by atoms with Crippen LogP contribution in [0.15, 0.2) is 72.2 Å². The van der Waals surface area contributed by atoms with E-state index < -0.39 is 6.10 Å². The van der Waals surface area contributed by atoms with Crippen LogP contribution in [0.2, 0.25) is 0 Å². The Kier molecular flexibility index (Phi) is 6.22. The number of phenolic OH excluding ortho intramolecular Hbond substituents is 3. The Hall–Kier alpha value is -4.13. The molecular weight excluding hydrogens is 460 g/mol. The number of ether oxygens (including phenoxy) is 3. The molecule has 0 saturated heterocycles. The number of benzene rings is 2. The molecule has 0 bridgehead atoms. The van der Waals surface area contributed by atoms with Gasteiger partial charge in [-0.05, 0) is 54.8 Å². The summed E-state index contributed by atoms with van der Waals surface area (Å²) in [4.78, 5) is 13.5. The van der Waals surface area contributed by atoms with Crippen LogP contribution in [0.5, 0.6) is 23.0 Å². The van der Waals surface area contributed by atoms with Crippen molar-refractivity contribution in [3.05, 3.63) is 94.5 Å². The number of rotatable bonds is 5. The Morgan fingerprint density at radius 3 is 1.94 bits per heavy atom. The Labute approximate surface area is 209 Å². The second-order valence-electron chi connectivity index (χ2n) is 9.08. The van der Waals surface area contributed by atoms with Crippen LogP contribution in [0.3, 0.4) is 0 Å². The quantitative estimate of drug-likeness (QED) is 0.499. The molecule has 2 aliphatic carbocycles. The van der Waals surface area contributed by atoms with Crippen LogP contribution in [0.25, 0.3) is 0 Å². The normalized spacial score (nSPS) is 22.8. The van der Waals surface area contributed by atoms with Crippen molar-refractivity contribution in [3.8, 4) is 23.0 Å². The van der Waals surface area contributed by atoms with Crippen LogP contribution in [-0.4, -0.2) is 35.3 Å². The minimum atomic E-state index is -0.617. The van der Waals surface area contributed by atoms with Crippen LogP contribution < -0.4 is 4.74 Å². The number of allylic oxidation sites excluding steroid dienone is 6. The highest BCUT2D eigenvalue weighted by atomic mass is 16.5. The SMILES string of the molecule is COC1=CCC(c2c(O)c3c(c(C4C=CC(OC)=CC4)c2O)OC(c2ccc(O)cc2)CC3=O)C=C1. The van der Waals surface area contributed by atoms with Gasteiger partial charge in [0.2, 0.25) is 0 Å². The van der Waals surface area contributed by atoms with Gasteiger partial charge in [-0.25, -0.2) is 0 Å². The van der Waals surface area contributed by atoms with Crippen molar-refractivity contribution in [3.63, 3.8) is 0 Å². The van der Waals surface area contributed by atoms with Crippen molar-refractivity contribution in [2.75, 3.05) is 14.2 Å². The first-order chi connectivity index (χ1) is 17.4. The van der Waals surface area contributed by atoms with E-state index in [9.17, 15) is 20.1 Å². The number of phenols is 3. The van der Waals surface area contributed by atoms with Crippen LogP contribution >= 0.6 is 0 Å². The average Bonchev–Trinajstić information content (AvgIpc) is 2.89. The number of carbonyl (C=O) groups is 1. The van der Waals surface area contributed by atoms with E-state index in [-0.39, 0.29) is 52.6 Å². The van der Waals surface area contributed by atoms with Crippen LogP contribution in [0, 0.1) is 0 Å². The van der Waals surface area contributed by atoms with Gasteiger partial charge in [-0.1, -0.05) is 24.3 Å². The zero-order valence-electron chi connectivity index (χ0n) is 20.1. The summed E-state index contributed by atoms with van der Waals surface area (Å²) in [5.74, 6) is 0.484. The number of methoxy groups -OCH3 is 2. The van der Waals surface area contributed by atoms with Gasteiger partial charge in [0, 0.05) is 23.0 Å². The summed E-state index contributed by atoms with van der Waals surface area (Å²) in [7, 11) is 3.18. The Morgan fingerprint density at radius 2 is 1.42 bits per heavy atom. The monoisotopic (exact) mass is 488 g/mol. The molecule has 3 N–H and O–H groups in total. The molecule has 0 amide bonds. The fourth-order valence-electron chi connectivity index (χ4n) is 5.08.